The van der Waals surface area contributed by atoms with Crippen LogP contribution < -0.4 is 5.56 Å². The molecule has 4 rings (SSSR count). The Labute approximate surface area is 168 Å². The average Bonchev–Trinajstić information content (AvgIpc) is 2.63. The lowest BCUT2D eigenvalue weighted by Gasteiger charge is -2.16. The van der Waals surface area contributed by atoms with Gasteiger partial charge in [-0.1, -0.05) is 40.9 Å². The summed E-state index contributed by atoms with van der Waals surface area (Å²) in [6.45, 7) is 0. The van der Waals surface area contributed by atoms with Crippen molar-refractivity contribution in [1.82, 2.24) is 9.55 Å². The number of aromatic nitrogens is 2. The summed E-state index contributed by atoms with van der Waals surface area (Å²) in [5.41, 5.74) is 1.27. The van der Waals surface area contributed by atoms with E-state index in [1.807, 2.05) is 0 Å². The van der Waals surface area contributed by atoms with Crippen molar-refractivity contribution in [1.29, 1.82) is 0 Å². The van der Waals surface area contributed by atoms with Crippen LogP contribution in [0.2, 0.25) is 15.1 Å². The van der Waals surface area contributed by atoms with Gasteiger partial charge in [-0.2, -0.15) is 0 Å². The first-order valence-corrected chi connectivity index (χ1v) is 9.00. The maximum Gasteiger partial charge on any atom is 0.263 e. The Morgan fingerprint density at radius 1 is 0.889 bits per heavy atom. The second-order valence-corrected chi connectivity index (χ2v) is 7.05. The zero-order chi connectivity index (χ0) is 19.1. The van der Waals surface area contributed by atoms with E-state index >= 15 is 0 Å². The van der Waals surface area contributed by atoms with E-state index in [0.717, 1.165) is 6.07 Å². The van der Waals surface area contributed by atoms with Crippen molar-refractivity contribution in [2.45, 2.75) is 0 Å². The summed E-state index contributed by atoms with van der Waals surface area (Å²) in [5, 5.41) is 1.46. The van der Waals surface area contributed by atoms with Gasteiger partial charge in [-0.25, -0.2) is 4.39 Å². The number of nitrogens with zero attached hydrogens (tertiary/aromatic N) is 2. The fourth-order valence-corrected chi connectivity index (χ4v) is 3.82. The van der Waals surface area contributed by atoms with Gasteiger partial charge >= 0.3 is 0 Å². The molecular formula is C20H10Cl3FN2O. The Hall–Kier alpha value is -2.40. The minimum absolute atomic E-state index is 0.132. The van der Waals surface area contributed by atoms with E-state index in [1.165, 1.54) is 16.7 Å². The van der Waals surface area contributed by atoms with Crippen molar-refractivity contribution in [2.75, 3.05) is 0 Å². The predicted molar refractivity (Wildman–Crippen MR) is 108 cm³/mol. The highest BCUT2D eigenvalue weighted by Crippen LogP contribution is 2.33. The van der Waals surface area contributed by atoms with Crippen LogP contribution in [0.25, 0.3) is 27.7 Å². The summed E-state index contributed by atoms with van der Waals surface area (Å²) in [4.78, 5) is 17.5. The number of rotatable bonds is 2. The number of benzene rings is 2. The molecule has 4 aromatic rings. The third-order valence-electron chi connectivity index (χ3n) is 4.18. The van der Waals surface area contributed by atoms with Gasteiger partial charge in [0.1, 0.15) is 5.82 Å². The normalized spacial score (nSPS) is 11.1. The van der Waals surface area contributed by atoms with Gasteiger partial charge in [-0.3, -0.25) is 14.3 Å². The molecule has 0 atom stereocenters. The fraction of sp³-hybridized carbons (Fsp3) is 0. The molecular weight excluding hydrogens is 410 g/mol. The zero-order valence-electron chi connectivity index (χ0n) is 13.6. The summed E-state index contributed by atoms with van der Waals surface area (Å²) < 4.78 is 14.9. The summed E-state index contributed by atoms with van der Waals surface area (Å²) in [6, 6.07) is 12.3. The Morgan fingerprint density at radius 2 is 1.63 bits per heavy atom. The summed E-state index contributed by atoms with van der Waals surface area (Å²) in [7, 11) is 0. The standard InChI is InChI=1S/C20H10Cl3FN2O/c21-15-2-1-3-16(22)19(15)26-18-6-7-25-10-11(18)8-14(20(26)27)13-5-4-12(24)9-17(13)23/h1-10H. The first-order chi connectivity index (χ1) is 13.0. The molecule has 0 aliphatic heterocycles. The van der Waals surface area contributed by atoms with Gasteiger partial charge in [-0.15, -0.1) is 0 Å². The third-order valence-corrected chi connectivity index (χ3v) is 5.11. The fourth-order valence-electron chi connectivity index (χ4n) is 2.99. The molecule has 7 heteroatoms. The molecule has 0 unspecified atom stereocenters. The quantitative estimate of drug-likeness (QED) is 0.390. The lowest BCUT2D eigenvalue weighted by Crippen LogP contribution is -2.21. The van der Waals surface area contributed by atoms with E-state index in [-0.39, 0.29) is 16.1 Å². The predicted octanol–water partition coefficient (Wildman–Crippen LogP) is 6.15. The molecule has 2 aromatic carbocycles. The van der Waals surface area contributed by atoms with Crippen molar-refractivity contribution in [3.8, 4) is 16.8 Å². The molecule has 2 heterocycles. The molecule has 0 fully saturated rings. The summed E-state index contributed by atoms with van der Waals surface area (Å²) in [5.74, 6) is -0.485. The van der Waals surface area contributed by atoms with Crippen molar-refractivity contribution >= 4 is 45.7 Å². The highest BCUT2D eigenvalue weighted by atomic mass is 35.5. The van der Waals surface area contributed by atoms with Crippen molar-refractivity contribution < 1.29 is 4.39 Å². The molecule has 3 nitrogen and oxygen atoms in total. The Morgan fingerprint density at radius 3 is 2.33 bits per heavy atom. The van der Waals surface area contributed by atoms with Crippen LogP contribution in [0, 0.1) is 5.82 Å². The van der Waals surface area contributed by atoms with Crippen molar-refractivity contribution in [2.24, 2.45) is 0 Å². The van der Waals surface area contributed by atoms with E-state index in [4.69, 9.17) is 34.8 Å². The molecule has 0 bridgehead atoms. The average molecular weight is 420 g/mol. The van der Waals surface area contributed by atoms with Crippen molar-refractivity contribution in [3.63, 3.8) is 0 Å². The minimum atomic E-state index is -0.485. The van der Waals surface area contributed by atoms with Crippen LogP contribution in [0.5, 0.6) is 0 Å². The summed E-state index contributed by atoms with van der Waals surface area (Å²) >= 11 is 18.9. The molecule has 0 saturated carbocycles. The van der Waals surface area contributed by atoms with Crippen LogP contribution in [0.1, 0.15) is 0 Å². The second kappa shape index (κ2) is 6.97. The minimum Gasteiger partial charge on any atom is -0.273 e. The van der Waals surface area contributed by atoms with Crippen LogP contribution in [0.3, 0.4) is 0 Å². The maximum atomic E-state index is 13.5. The molecule has 0 aliphatic carbocycles. The third kappa shape index (κ3) is 3.10. The molecule has 0 spiro atoms. The van der Waals surface area contributed by atoms with Gasteiger partial charge < -0.3 is 0 Å². The van der Waals surface area contributed by atoms with Gasteiger partial charge in [-0.05, 0) is 42.5 Å². The van der Waals surface area contributed by atoms with Crippen LogP contribution in [0.4, 0.5) is 4.39 Å². The lowest BCUT2D eigenvalue weighted by molar-refractivity contribution is 0.628. The number of halogens is 4. The molecule has 134 valence electrons. The Kier molecular flexibility index (Phi) is 4.64. The number of hydrogen-bond acceptors (Lipinski definition) is 2. The second-order valence-electron chi connectivity index (χ2n) is 5.83. The number of hydrogen-bond donors (Lipinski definition) is 0. The Bertz CT molecular complexity index is 1230. The number of fused-ring (bicyclic) bond motifs is 1. The van der Waals surface area contributed by atoms with Crippen LogP contribution >= 0.6 is 34.8 Å². The highest BCUT2D eigenvalue weighted by Gasteiger charge is 2.18. The van der Waals surface area contributed by atoms with E-state index in [0.29, 0.717) is 32.2 Å². The number of pyridine rings is 2. The highest BCUT2D eigenvalue weighted by molar-refractivity contribution is 6.38. The number of para-hydroxylation sites is 1. The molecule has 0 saturated heterocycles. The van der Waals surface area contributed by atoms with Gasteiger partial charge in [0, 0.05) is 28.9 Å². The van der Waals surface area contributed by atoms with E-state index in [2.05, 4.69) is 4.98 Å². The molecule has 0 aliphatic rings. The van der Waals surface area contributed by atoms with E-state index in [9.17, 15) is 9.18 Å². The molecule has 27 heavy (non-hydrogen) atoms. The van der Waals surface area contributed by atoms with Crippen molar-refractivity contribution in [3.05, 3.63) is 92.2 Å². The van der Waals surface area contributed by atoms with Gasteiger partial charge in [0.15, 0.2) is 0 Å². The maximum absolute atomic E-state index is 13.5. The Balaban J connectivity index is 2.16. The van der Waals surface area contributed by atoms with Crippen LogP contribution in [-0.2, 0) is 0 Å². The molecule has 0 amide bonds. The largest absolute Gasteiger partial charge is 0.273 e. The molecule has 2 aromatic heterocycles. The topological polar surface area (TPSA) is 34.9 Å². The van der Waals surface area contributed by atoms with Gasteiger partial charge in [0.05, 0.1) is 26.3 Å². The summed E-state index contributed by atoms with van der Waals surface area (Å²) in [6.07, 6.45) is 3.20. The zero-order valence-corrected chi connectivity index (χ0v) is 15.9. The molecule has 0 radical (unpaired) electrons. The van der Waals surface area contributed by atoms with Gasteiger partial charge in [0.2, 0.25) is 0 Å². The SMILES string of the molecule is O=c1c(-c2ccc(F)cc2Cl)cc2cnccc2n1-c1c(Cl)cccc1Cl. The first kappa shape index (κ1) is 18.0. The van der Waals surface area contributed by atoms with E-state index < -0.39 is 5.82 Å². The van der Waals surface area contributed by atoms with Crippen LogP contribution in [-0.4, -0.2) is 9.55 Å². The molecule has 0 N–H and O–H groups in total. The van der Waals surface area contributed by atoms with Gasteiger partial charge in [0.25, 0.3) is 5.56 Å². The first-order valence-electron chi connectivity index (χ1n) is 7.87. The lowest BCUT2D eigenvalue weighted by atomic mass is 10.0. The van der Waals surface area contributed by atoms with Crippen LogP contribution in [0.15, 0.2) is 65.7 Å². The smallest absolute Gasteiger partial charge is 0.263 e. The van der Waals surface area contributed by atoms with E-state index in [1.54, 1.807) is 42.7 Å². The monoisotopic (exact) mass is 418 g/mol.